The second kappa shape index (κ2) is 6.07. The van der Waals surface area contributed by atoms with Crippen molar-refractivity contribution in [1.29, 1.82) is 0 Å². The molecule has 0 spiro atoms. The van der Waals surface area contributed by atoms with E-state index in [2.05, 4.69) is 0 Å². The summed E-state index contributed by atoms with van der Waals surface area (Å²) in [5.74, 6) is -1.80. The Kier molecular flexibility index (Phi) is 4.72. The van der Waals surface area contributed by atoms with Gasteiger partial charge in [0.05, 0.1) is 12.2 Å². The Bertz CT molecular complexity index is 365. The van der Waals surface area contributed by atoms with Crippen LogP contribution < -0.4 is 4.74 Å². The van der Waals surface area contributed by atoms with Crippen LogP contribution in [0.1, 0.15) is 17.3 Å². The number of ether oxygens (including phenoxy) is 2. The Morgan fingerprint density at radius 2 is 2.19 bits per heavy atom. The standard InChI is InChI=1S/C11H13FO4/c1-2-15-5-6-16-8-3-4-9(11(13)14)10(12)7-8/h3-4,7H,2,5-6H2,1H3,(H,13,14). The minimum atomic E-state index is -1.29. The maximum absolute atomic E-state index is 13.2. The van der Waals surface area contributed by atoms with Crippen molar-refractivity contribution in [3.05, 3.63) is 29.6 Å². The Morgan fingerprint density at radius 1 is 1.44 bits per heavy atom. The van der Waals surface area contributed by atoms with Crippen LogP contribution in [0, 0.1) is 5.82 Å². The van der Waals surface area contributed by atoms with Crippen LogP contribution in [0.4, 0.5) is 4.39 Å². The molecule has 0 bridgehead atoms. The van der Waals surface area contributed by atoms with Gasteiger partial charge in [0.1, 0.15) is 18.2 Å². The van der Waals surface area contributed by atoms with Crippen molar-refractivity contribution in [3.8, 4) is 5.75 Å². The summed E-state index contributed by atoms with van der Waals surface area (Å²) in [5, 5.41) is 8.60. The number of hydrogen-bond acceptors (Lipinski definition) is 3. The van der Waals surface area contributed by atoms with Crippen molar-refractivity contribution in [2.45, 2.75) is 6.92 Å². The highest BCUT2D eigenvalue weighted by Crippen LogP contribution is 2.16. The third-order valence-electron chi connectivity index (χ3n) is 1.87. The number of carbonyl (C=O) groups is 1. The molecule has 88 valence electrons. The molecule has 0 unspecified atom stereocenters. The number of benzene rings is 1. The molecule has 16 heavy (non-hydrogen) atoms. The average molecular weight is 228 g/mol. The van der Waals surface area contributed by atoms with Gasteiger partial charge in [-0.2, -0.15) is 0 Å². The van der Waals surface area contributed by atoms with E-state index in [-0.39, 0.29) is 5.56 Å². The quantitative estimate of drug-likeness (QED) is 0.756. The first kappa shape index (κ1) is 12.4. The zero-order chi connectivity index (χ0) is 12.0. The normalized spacial score (nSPS) is 10.1. The summed E-state index contributed by atoms with van der Waals surface area (Å²) in [4.78, 5) is 10.5. The summed E-state index contributed by atoms with van der Waals surface area (Å²) in [5.41, 5.74) is -0.364. The molecule has 4 nitrogen and oxygen atoms in total. The molecule has 1 aromatic carbocycles. The average Bonchev–Trinajstić information content (AvgIpc) is 2.24. The van der Waals surface area contributed by atoms with Crippen LogP contribution in [0.2, 0.25) is 0 Å². The lowest BCUT2D eigenvalue weighted by molar-refractivity contribution is 0.0691. The lowest BCUT2D eigenvalue weighted by Gasteiger charge is -2.06. The molecule has 1 rings (SSSR count). The van der Waals surface area contributed by atoms with Crippen LogP contribution in [0.25, 0.3) is 0 Å². The molecule has 0 atom stereocenters. The lowest BCUT2D eigenvalue weighted by Crippen LogP contribution is -2.07. The largest absolute Gasteiger partial charge is 0.491 e. The van der Waals surface area contributed by atoms with Crippen molar-refractivity contribution in [1.82, 2.24) is 0 Å². The van der Waals surface area contributed by atoms with E-state index in [1.54, 1.807) is 0 Å². The maximum atomic E-state index is 13.2. The Morgan fingerprint density at radius 3 is 2.75 bits per heavy atom. The van der Waals surface area contributed by atoms with Crippen molar-refractivity contribution < 1.29 is 23.8 Å². The number of aromatic carboxylic acids is 1. The van der Waals surface area contributed by atoms with E-state index in [0.717, 1.165) is 6.07 Å². The highest BCUT2D eigenvalue weighted by molar-refractivity contribution is 5.88. The summed E-state index contributed by atoms with van der Waals surface area (Å²) in [7, 11) is 0. The van der Waals surface area contributed by atoms with Crippen LogP contribution in [0.3, 0.4) is 0 Å². The predicted octanol–water partition coefficient (Wildman–Crippen LogP) is 1.94. The predicted molar refractivity (Wildman–Crippen MR) is 55.3 cm³/mol. The molecule has 5 heteroatoms. The smallest absolute Gasteiger partial charge is 0.338 e. The van der Waals surface area contributed by atoms with Crippen LogP contribution >= 0.6 is 0 Å². The van der Waals surface area contributed by atoms with Crippen molar-refractivity contribution in [2.24, 2.45) is 0 Å². The lowest BCUT2D eigenvalue weighted by atomic mass is 10.2. The Hall–Kier alpha value is -1.62. The fourth-order valence-electron chi connectivity index (χ4n) is 1.12. The van der Waals surface area contributed by atoms with Gasteiger partial charge < -0.3 is 14.6 Å². The van der Waals surface area contributed by atoms with E-state index in [4.69, 9.17) is 14.6 Å². The third-order valence-corrected chi connectivity index (χ3v) is 1.87. The van der Waals surface area contributed by atoms with Gasteiger partial charge in [0, 0.05) is 12.7 Å². The summed E-state index contributed by atoms with van der Waals surface area (Å²) in [6.07, 6.45) is 0. The topological polar surface area (TPSA) is 55.8 Å². The second-order valence-corrected chi connectivity index (χ2v) is 2.99. The molecule has 0 aromatic heterocycles. The number of carboxylic acid groups (broad SMARTS) is 1. The van der Waals surface area contributed by atoms with E-state index in [1.165, 1.54) is 12.1 Å². The summed E-state index contributed by atoms with van der Waals surface area (Å²) >= 11 is 0. The van der Waals surface area contributed by atoms with Gasteiger partial charge in [-0.25, -0.2) is 9.18 Å². The van der Waals surface area contributed by atoms with Crippen molar-refractivity contribution in [2.75, 3.05) is 19.8 Å². The zero-order valence-electron chi connectivity index (χ0n) is 8.90. The molecule has 0 aliphatic rings. The van der Waals surface area contributed by atoms with Crippen molar-refractivity contribution in [3.63, 3.8) is 0 Å². The van der Waals surface area contributed by atoms with Gasteiger partial charge in [0.2, 0.25) is 0 Å². The Balaban J connectivity index is 2.56. The molecule has 0 aliphatic heterocycles. The van der Waals surface area contributed by atoms with Gasteiger partial charge in [-0.05, 0) is 19.1 Å². The summed E-state index contributed by atoms with van der Waals surface area (Å²) in [6.45, 7) is 3.18. The monoisotopic (exact) mass is 228 g/mol. The van der Waals surface area contributed by atoms with Gasteiger partial charge in [-0.1, -0.05) is 0 Å². The summed E-state index contributed by atoms with van der Waals surface area (Å²) < 4.78 is 23.4. The fraction of sp³-hybridized carbons (Fsp3) is 0.364. The van der Waals surface area contributed by atoms with Gasteiger partial charge >= 0.3 is 5.97 Å². The number of halogens is 1. The van der Waals surface area contributed by atoms with Crippen molar-refractivity contribution >= 4 is 5.97 Å². The molecule has 0 fully saturated rings. The molecule has 1 aromatic rings. The first-order valence-corrected chi connectivity index (χ1v) is 4.88. The van der Waals surface area contributed by atoms with E-state index in [1.807, 2.05) is 6.92 Å². The van der Waals surface area contributed by atoms with Crippen LogP contribution in [-0.2, 0) is 4.74 Å². The highest BCUT2D eigenvalue weighted by atomic mass is 19.1. The van der Waals surface area contributed by atoms with E-state index < -0.39 is 11.8 Å². The summed E-state index contributed by atoms with van der Waals surface area (Å²) in [6, 6.07) is 3.64. The third kappa shape index (κ3) is 3.51. The van der Waals surface area contributed by atoms with Gasteiger partial charge in [-0.3, -0.25) is 0 Å². The van der Waals surface area contributed by atoms with E-state index >= 15 is 0 Å². The van der Waals surface area contributed by atoms with Crippen LogP contribution in [0.15, 0.2) is 18.2 Å². The van der Waals surface area contributed by atoms with Gasteiger partial charge in [-0.15, -0.1) is 0 Å². The molecule has 0 radical (unpaired) electrons. The maximum Gasteiger partial charge on any atom is 0.338 e. The van der Waals surface area contributed by atoms with Crippen LogP contribution in [0.5, 0.6) is 5.75 Å². The van der Waals surface area contributed by atoms with E-state index in [0.29, 0.717) is 25.6 Å². The molecule has 0 amide bonds. The number of rotatable bonds is 6. The van der Waals surface area contributed by atoms with E-state index in [9.17, 15) is 9.18 Å². The molecule has 0 saturated heterocycles. The number of carboxylic acids is 1. The van der Waals surface area contributed by atoms with Gasteiger partial charge in [0.15, 0.2) is 0 Å². The Labute approximate surface area is 92.6 Å². The fourth-order valence-corrected chi connectivity index (χ4v) is 1.12. The molecule has 0 saturated carbocycles. The molecule has 0 aliphatic carbocycles. The SMILES string of the molecule is CCOCCOc1ccc(C(=O)O)c(F)c1. The molecular formula is C11H13FO4. The molecule has 1 N–H and O–H groups in total. The molecule has 0 heterocycles. The first-order valence-electron chi connectivity index (χ1n) is 4.88. The molecular weight excluding hydrogens is 215 g/mol. The minimum Gasteiger partial charge on any atom is -0.491 e. The second-order valence-electron chi connectivity index (χ2n) is 2.99. The highest BCUT2D eigenvalue weighted by Gasteiger charge is 2.10. The first-order chi connectivity index (χ1) is 7.65. The van der Waals surface area contributed by atoms with Gasteiger partial charge in [0.25, 0.3) is 0 Å². The minimum absolute atomic E-state index is 0.294. The zero-order valence-corrected chi connectivity index (χ0v) is 8.90. The number of hydrogen-bond donors (Lipinski definition) is 1. The van der Waals surface area contributed by atoms with Crippen LogP contribution in [-0.4, -0.2) is 30.9 Å².